The first-order chi connectivity index (χ1) is 9.15. The quantitative estimate of drug-likeness (QED) is 0.847. The summed E-state index contributed by atoms with van der Waals surface area (Å²) in [5.74, 6) is 0.112. The van der Waals surface area contributed by atoms with Gasteiger partial charge in [0.25, 0.3) is 0 Å². The molecule has 2 rings (SSSR count). The van der Waals surface area contributed by atoms with E-state index < -0.39 is 0 Å². The van der Waals surface area contributed by atoms with E-state index in [-0.39, 0.29) is 11.9 Å². The first kappa shape index (κ1) is 14.3. The van der Waals surface area contributed by atoms with Crippen molar-refractivity contribution in [1.29, 1.82) is 0 Å². The maximum absolute atomic E-state index is 13.8. The number of benzene rings is 1. The summed E-state index contributed by atoms with van der Waals surface area (Å²) in [5, 5.41) is 3.49. The lowest BCUT2D eigenvalue weighted by Gasteiger charge is -2.12. The second-order valence-electron chi connectivity index (χ2n) is 5.62. The van der Waals surface area contributed by atoms with Crippen LogP contribution in [0.5, 0.6) is 5.75 Å². The molecule has 1 unspecified atom stereocenters. The lowest BCUT2D eigenvalue weighted by molar-refractivity contribution is 0.231. The summed E-state index contributed by atoms with van der Waals surface area (Å²) in [4.78, 5) is 0. The molecular weight excluding hydrogens is 241 g/mol. The highest BCUT2D eigenvalue weighted by atomic mass is 19.1. The molecule has 1 N–H and O–H groups in total. The van der Waals surface area contributed by atoms with Crippen molar-refractivity contribution in [3.63, 3.8) is 0 Å². The summed E-state index contributed by atoms with van der Waals surface area (Å²) in [6.45, 7) is 4.96. The summed E-state index contributed by atoms with van der Waals surface area (Å²) in [6.07, 6.45) is 5.83. The van der Waals surface area contributed by atoms with E-state index in [9.17, 15) is 4.39 Å². The predicted octanol–water partition coefficient (Wildman–Crippen LogP) is 3.69. The standard InChI is InChI=1S/C16H24FNO/c1-12(2)19-16-9-8-13(11-15(16)17)5-3-6-14-7-4-10-18-14/h8-9,11-12,14,18H,3-7,10H2,1-2H3. The van der Waals surface area contributed by atoms with Gasteiger partial charge in [-0.25, -0.2) is 4.39 Å². The Morgan fingerprint density at radius 2 is 2.26 bits per heavy atom. The predicted molar refractivity (Wildman–Crippen MR) is 76.1 cm³/mol. The molecule has 1 atom stereocenters. The second-order valence-corrected chi connectivity index (χ2v) is 5.62. The Kier molecular flexibility index (Phi) is 5.20. The van der Waals surface area contributed by atoms with Gasteiger partial charge in [0.1, 0.15) is 0 Å². The van der Waals surface area contributed by atoms with Crippen molar-refractivity contribution < 1.29 is 9.13 Å². The minimum Gasteiger partial charge on any atom is -0.488 e. The topological polar surface area (TPSA) is 21.3 Å². The Morgan fingerprint density at radius 3 is 2.89 bits per heavy atom. The number of ether oxygens (including phenoxy) is 1. The number of nitrogens with one attached hydrogen (secondary N) is 1. The van der Waals surface area contributed by atoms with Gasteiger partial charge in [0.05, 0.1) is 6.10 Å². The van der Waals surface area contributed by atoms with Crippen molar-refractivity contribution in [3.05, 3.63) is 29.6 Å². The zero-order valence-electron chi connectivity index (χ0n) is 11.9. The summed E-state index contributed by atoms with van der Waals surface area (Å²) < 4.78 is 19.2. The van der Waals surface area contributed by atoms with Gasteiger partial charge in [-0.1, -0.05) is 6.07 Å². The molecule has 0 bridgehead atoms. The Balaban J connectivity index is 1.81. The first-order valence-corrected chi connectivity index (χ1v) is 7.33. The lowest BCUT2D eigenvalue weighted by Crippen LogP contribution is -2.21. The number of hydrogen-bond acceptors (Lipinski definition) is 2. The highest BCUT2D eigenvalue weighted by Gasteiger charge is 2.13. The van der Waals surface area contributed by atoms with E-state index in [2.05, 4.69) is 5.32 Å². The van der Waals surface area contributed by atoms with Crippen LogP contribution in [0.1, 0.15) is 45.1 Å². The highest BCUT2D eigenvalue weighted by Crippen LogP contribution is 2.21. The molecule has 1 heterocycles. The van der Waals surface area contributed by atoms with Crippen molar-refractivity contribution in [2.75, 3.05) is 6.54 Å². The van der Waals surface area contributed by atoms with Crippen molar-refractivity contribution in [2.45, 2.75) is 58.1 Å². The van der Waals surface area contributed by atoms with Gasteiger partial charge in [0, 0.05) is 6.04 Å². The van der Waals surface area contributed by atoms with E-state index in [1.807, 2.05) is 19.9 Å². The molecular formula is C16H24FNO. The molecule has 1 fully saturated rings. The van der Waals surface area contributed by atoms with E-state index >= 15 is 0 Å². The van der Waals surface area contributed by atoms with E-state index in [1.54, 1.807) is 12.1 Å². The van der Waals surface area contributed by atoms with Crippen LogP contribution in [-0.4, -0.2) is 18.7 Å². The number of aryl methyl sites for hydroxylation is 1. The van der Waals surface area contributed by atoms with E-state index in [1.165, 1.54) is 19.3 Å². The summed E-state index contributed by atoms with van der Waals surface area (Å²) in [7, 11) is 0. The van der Waals surface area contributed by atoms with Crippen LogP contribution in [0.15, 0.2) is 18.2 Å². The van der Waals surface area contributed by atoms with Crippen LogP contribution in [-0.2, 0) is 6.42 Å². The molecule has 1 aromatic carbocycles. The number of hydrogen-bond donors (Lipinski definition) is 1. The molecule has 1 aliphatic heterocycles. The number of rotatable bonds is 6. The van der Waals surface area contributed by atoms with Crippen LogP contribution >= 0.6 is 0 Å². The van der Waals surface area contributed by atoms with Gasteiger partial charge in [-0.15, -0.1) is 0 Å². The molecule has 3 heteroatoms. The van der Waals surface area contributed by atoms with Crippen LogP contribution in [0.3, 0.4) is 0 Å². The third kappa shape index (κ3) is 4.50. The molecule has 1 aliphatic rings. The molecule has 0 radical (unpaired) electrons. The van der Waals surface area contributed by atoms with Gasteiger partial charge in [-0.2, -0.15) is 0 Å². The van der Waals surface area contributed by atoms with Crippen LogP contribution in [0.25, 0.3) is 0 Å². The minimum absolute atomic E-state index is 0.00814. The van der Waals surface area contributed by atoms with Crippen LogP contribution in [0.2, 0.25) is 0 Å². The van der Waals surface area contributed by atoms with Crippen molar-refractivity contribution in [1.82, 2.24) is 5.32 Å². The molecule has 0 amide bonds. The maximum Gasteiger partial charge on any atom is 0.165 e. The Hall–Kier alpha value is -1.09. The van der Waals surface area contributed by atoms with Gasteiger partial charge >= 0.3 is 0 Å². The maximum atomic E-state index is 13.8. The zero-order valence-corrected chi connectivity index (χ0v) is 11.9. The summed E-state index contributed by atoms with van der Waals surface area (Å²) >= 11 is 0. The SMILES string of the molecule is CC(C)Oc1ccc(CCCC2CCCN2)cc1F. The summed E-state index contributed by atoms with van der Waals surface area (Å²) in [5.41, 5.74) is 1.06. The molecule has 0 aliphatic carbocycles. The smallest absolute Gasteiger partial charge is 0.165 e. The average Bonchev–Trinajstić information content (AvgIpc) is 2.85. The molecule has 0 spiro atoms. The largest absolute Gasteiger partial charge is 0.488 e. The third-order valence-electron chi connectivity index (χ3n) is 3.54. The summed E-state index contributed by atoms with van der Waals surface area (Å²) in [6, 6.07) is 6.01. The second kappa shape index (κ2) is 6.90. The van der Waals surface area contributed by atoms with Gasteiger partial charge in [-0.05, 0) is 70.2 Å². The van der Waals surface area contributed by atoms with E-state index in [0.717, 1.165) is 24.9 Å². The first-order valence-electron chi connectivity index (χ1n) is 7.33. The van der Waals surface area contributed by atoms with Crippen molar-refractivity contribution in [3.8, 4) is 5.75 Å². The average molecular weight is 265 g/mol. The van der Waals surface area contributed by atoms with Gasteiger partial charge < -0.3 is 10.1 Å². The molecule has 1 saturated heterocycles. The molecule has 19 heavy (non-hydrogen) atoms. The van der Waals surface area contributed by atoms with E-state index in [0.29, 0.717) is 11.8 Å². The third-order valence-corrected chi connectivity index (χ3v) is 3.54. The van der Waals surface area contributed by atoms with Crippen molar-refractivity contribution in [2.24, 2.45) is 0 Å². The van der Waals surface area contributed by atoms with Crippen molar-refractivity contribution >= 4 is 0 Å². The minimum atomic E-state index is -0.245. The fourth-order valence-corrected chi connectivity index (χ4v) is 2.61. The van der Waals surface area contributed by atoms with Gasteiger partial charge in [-0.3, -0.25) is 0 Å². The van der Waals surface area contributed by atoms with Gasteiger partial charge in [0.15, 0.2) is 11.6 Å². The van der Waals surface area contributed by atoms with Crippen LogP contribution < -0.4 is 10.1 Å². The zero-order chi connectivity index (χ0) is 13.7. The van der Waals surface area contributed by atoms with Gasteiger partial charge in [0.2, 0.25) is 0 Å². The molecule has 0 aromatic heterocycles. The lowest BCUT2D eigenvalue weighted by atomic mass is 10.0. The number of halogens is 1. The molecule has 1 aromatic rings. The monoisotopic (exact) mass is 265 g/mol. The fourth-order valence-electron chi connectivity index (χ4n) is 2.61. The normalized spacial score (nSPS) is 19.1. The highest BCUT2D eigenvalue weighted by molar-refractivity contribution is 5.29. The Bertz CT molecular complexity index is 400. The van der Waals surface area contributed by atoms with Crippen LogP contribution in [0.4, 0.5) is 4.39 Å². The molecule has 0 saturated carbocycles. The van der Waals surface area contributed by atoms with Crippen LogP contribution in [0, 0.1) is 5.82 Å². The molecule has 2 nitrogen and oxygen atoms in total. The molecule has 106 valence electrons. The Morgan fingerprint density at radius 1 is 1.42 bits per heavy atom. The fraction of sp³-hybridized carbons (Fsp3) is 0.625. The van der Waals surface area contributed by atoms with E-state index in [4.69, 9.17) is 4.74 Å². The Labute approximate surface area is 115 Å².